The number of nitrogens with one attached hydrogen (secondary N) is 1. The fourth-order valence-electron chi connectivity index (χ4n) is 2.65. The maximum Gasteiger partial charge on any atom is 0.226 e. The zero-order chi connectivity index (χ0) is 14.4. The zero-order valence-electron chi connectivity index (χ0n) is 13.0. The van der Waals surface area contributed by atoms with Crippen LogP contribution in [0.5, 0.6) is 0 Å². The third-order valence-electron chi connectivity index (χ3n) is 3.91. The quantitative estimate of drug-likeness (QED) is 0.808. The predicted molar refractivity (Wildman–Crippen MR) is 84.4 cm³/mol. The number of hydrogen-bond donors (Lipinski definition) is 1. The van der Waals surface area contributed by atoms with Crippen LogP contribution in [0, 0.1) is 0 Å². The molecule has 0 saturated carbocycles. The van der Waals surface area contributed by atoms with Crippen molar-refractivity contribution in [2.45, 2.75) is 38.6 Å². The molecule has 20 heavy (non-hydrogen) atoms. The molecule has 1 aromatic rings. The van der Waals surface area contributed by atoms with Crippen molar-refractivity contribution in [3.63, 3.8) is 0 Å². The molecule has 112 valence electrons. The van der Waals surface area contributed by atoms with E-state index in [-0.39, 0.29) is 0 Å². The molecule has 1 fully saturated rings. The smallest absolute Gasteiger partial charge is 0.226 e. The molecule has 0 aliphatic carbocycles. The highest BCUT2D eigenvalue weighted by atomic mass is 15.2. The van der Waals surface area contributed by atoms with Crippen LogP contribution in [0.2, 0.25) is 0 Å². The Kier molecular flexibility index (Phi) is 5.59. The third kappa shape index (κ3) is 4.34. The van der Waals surface area contributed by atoms with Gasteiger partial charge in [-0.05, 0) is 38.8 Å². The number of rotatable bonds is 6. The molecule has 0 radical (unpaired) electrons. The number of likely N-dealkylation sites (tertiary alicyclic amines) is 1. The summed E-state index contributed by atoms with van der Waals surface area (Å²) >= 11 is 0. The van der Waals surface area contributed by atoms with Crippen molar-refractivity contribution in [3.05, 3.63) is 12.3 Å². The van der Waals surface area contributed by atoms with Crippen LogP contribution < -0.4 is 10.2 Å². The van der Waals surface area contributed by atoms with Crippen LogP contribution in [0.4, 0.5) is 11.8 Å². The van der Waals surface area contributed by atoms with Crippen LogP contribution in [-0.4, -0.2) is 54.6 Å². The number of nitrogens with zero attached hydrogens (tertiary/aromatic N) is 4. The first-order valence-electron chi connectivity index (χ1n) is 7.65. The highest BCUT2D eigenvalue weighted by Crippen LogP contribution is 2.16. The van der Waals surface area contributed by atoms with E-state index in [1.807, 2.05) is 25.1 Å². The molecule has 1 N–H and O–H groups in total. The second kappa shape index (κ2) is 7.43. The van der Waals surface area contributed by atoms with E-state index < -0.39 is 0 Å². The first kappa shape index (κ1) is 15.0. The molecular formula is C15H27N5. The van der Waals surface area contributed by atoms with E-state index >= 15 is 0 Å². The van der Waals surface area contributed by atoms with Crippen LogP contribution in [0.3, 0.4) is 0 Å². The summed E-state index contributed by atoms with van der Waals surface area (Å²) in [6.45, 7) is 5.76. The lowest BCUT2D eigenvalue weighted by atomic mass is 10.0. The summed E-state index contributed by atoms with van der Waals surface area (Å²) in [6, 6.07) is 2.68. The minimum Gasteiger partial charge on any atom is -0.370 e. The van der Waals surface area contributed by atoms with Crippen LogP contribution >= 0.6 is 0 Å². The Morgan fingerprint density at radius 2 is 2.25 bits per heavy atom. The molecule has 5 nitrogen and oxygen atoms in total. The average Bonchev–Trinajstić information content (AvgIpc) is 2.45. The van der Waals surface area contributed by atoms with Crippen LogP contribution in [-0.2, 0) is 0 Å². The van der Waals surface area contributed by atoms with E-state index in [2.05, 4.69) is 27.1 Å². The Bertz CT molecular complexity index is 407. The third-order valence-corrected chi connectivity index (χ3v) is 3.91. The van der Waals surface area contributed by atoms with Crippen molar-refractivity contribution >= 4 is 11.8 Å². The maximum atomic E-state index is 4.46. The number of anilines is 2. The van der Waals surface area contributed by atoms with Crippen LogP contribution in [0.15, 0.2) is 12.3 Å². The molecule has 0 bridgehead atoms. The Hall–Kier alpha value is -1.36. The topological polar surface area (TPSA) is 44.3 Å². The lowest BCUT2D eigenvalue weighted by Gasteiger charge is -2.33. The molecule has 1 aromatic heterocycles. The Balaban J connectivity index is 1.71. The maximum absolute atomic E-state index is 4.46. The molecule has 1 aliphatic heterocycles. The highest BCUT2D eigenvalue weighted by molar-refractivity contribution is 5.40. The molecule has 2 heterocycles. The summed E-state index contributed by atoms with van der Waals surface area (Å²) in [5, 5.41) is 3.39. The van der Waals surface area contributed by atoms with Gasteiger partial charge in [-0.2, -0.15) is 4.98 Å². The van der Waals surface area contributed by atoms with E-state index in [0.717, 1.165) is 30.8 Å². The van der Waals surface area contributed by atoms with Gasteiger partial charge in [0.05, 0.1) is 0 Å². The van der Waals surface area contributed by atoms with Crippen molar-refractivity contribution in [2.24, 2.45) is 0 Å². The zero-order valence-corrected chi connectivity index (χ0v) is 13.0. The average molecular weight is 277 g/mol. The summed E-state index contributed by atoms with van der Waals surface area (Å²) in [5.41, 5.74) is 0. The molecule has 0 aromatic carbocycles. The molecule has 1 unspecified atom stereocenters. The second-order valence-corrected chi connectivity index (χ2v) is 5.80. The summed E-state index contributed by atoms with van der Waals surface area (Å²) in [6.07, 6.45) is 7.06. The highest BCUT2D eigenvalue weighted by Gasteiger charge is 2.16. The Morgan fingerprint density at radius 3 is 3.00 bits per heavy atom. The molecule has 0 amide bonds. The minimum absolute atomic E-state index is 0.750. The van der Waals surface area contributed by atoms with E-state index in [1.54, 1.807) is 6.20 Å². The molecule has 1 aliphatic rings. The van der Waals surface area contributed by atoms with E-state index in [4.69, 9.17) is 0 Å². The predicted octanol–water partition coefficient (Wildman–Crippen LogP) is 2.22. The Labute approximate surface area is 122 Å². The molecular weight excluding hydrogens is 250 g/mol. The SMILES string of the molecule is CC1CCCCN1CCCNc1ccnc(N(C)C)n1. The van der Waals surface area contributed by atoms with Gasteiger partial charge in [-0.1, -0.05) is 6.42 Å². The van der Waals surface area contributed by atoms with Crippen molar-refractivity contribution < 1.29 is 0 Å². The van der Waals surface area contributed by atoms with Gasteiger partial charge in [-0.3, -0.25) is 0 Å². The first-order valence-corrected chi connectivity index (χ1v) is 7.65. The van der Waals surface area contributed by atoms with Crippen molar-refractivity contribution in [2.75, 3.05) is 43.9 Å². The summed E-state index contributed by atoms with van der Waals surface area (Å²) < 4.78 is 0. The second-order valence-electron chi connectivity index (χ2n) is 5.80. The summed E-state index contributed by atoms with van der Waals surface area (Å²) in [4.78, 5) is 13.2. The van der Waals surface area contributed by atoms with Gasteiger partial charge in [0.1, 0.15) is 5.82 Å². The number of aromatic nitrogens is 2. The van der Waals surface area contributed by atoms with Gasteiger partial charge < -0.3 is 15.1 Å². The van der Waals surface area contributed by atoms with E-state index in [9.17, 15) is 0 Å². The van der Waals surface area contributed by atoms with Gasteiger partial charge in [-0.15, -0.1) is 0 Å². The summed E-state index contributed by atoms with van der Waals surface area (Å²) in [5.74, 6) is 1.66. The molecule has 0 spiro atoms. The number of piperidine rings is 1. The molecule has 1 saturated heterocycles. The van der Waals surface area contributed by atoms with Crippen molar-refractivity contribution in [1.82, 2.24) is 14.9 Å². The van der Waals surface area contributed by atoms with Crippen LogP contribution in [0.25, 0.3) is 0 Å². The van der Waals surface area contributed by atoms with Gasteiger partial charge in [0.15, 0.2) is 0 Å². The standard InChI is InChI=1S/C15H27N5/c1-13-7-4-5-11-20(13)12-6-9-16-14-8-10-17-15(18-14)19(2)3/h8,10,13H,4-7,9,11-12H2,1-3H3,(H,16,17,18). The van der Waals surface area contributed by atoms with Gasteiger partial charge in [0.2, 0.25) is 5.95 Å². The molecule has 1 atom stereocenters. The first-order chi connectivity index (χ1) is 9.66. The van der Waals surface area contributed by atoms with Crippen molar-refractivity contribution in [1.29, 1.82) is 0 Å². The van der Waals surface area contributed by atoms with E-state index in [1.165, 1.54) is 32.4 Å². The van der Waals surface area contributed by atoms with Gasteiger partial charge in [0.25, 0.3) is 0 Å². The molecule has 2 rings (SSSR count). The lowest BCUT2D eigenvalue weighted by Crippen LogP contribution is -2.38. The Morgan fingerprint density at radius 1 is 1.40 bits per heavy atom. The van der Waals surface area contributed by atoms with Gasteiger partial charge in [0, 0.05) is 39.4 Å². The lowest BCUT2D eigenvalue weighted by molar-refractivity contribution is 0.160. The van der Waals surface area contributed by atoms with Gasteiger partial charge in [-0.25, -0.2) is 4.98 Å². The monoisotopic (exact) mass is 277 g/mol. The van der Waals surface area contributed by atoms with E-state index in [0.29, 0.717) is 0 Å². The summed E-state index contributed by atoms with van der Waals surface area (Å²) in [7, 11) is 3.91. The fraction of sp³-hybridized carbons (Fsp3) is 0.733. The van der Waals surface area contributed by atoms with Crippen LogP contribution in [0.1, 0.15) is 32.6 Å². The fourth-order valence-corrected chi connectivity index (χ4v) is 2.65. The largest absolute Gasteiger partial charge is 0.370 e. The normalized spacial score (nSPS) is 19.9. The minimum atomic E-state index is 0.750. The number of hydrogen-bond acceptors (Lipinski definition) is 5. The van der Waals surface area contributed by atoms with Gasteiger partial charge >= 0.3 is 0 Å². The molecule has 5 heteroatoms. The van der Waals surface area contributed by atoms with Crippen molar-refractivity contribution in [3.8, 4) is 0 Å².